The van der Waals surface area contributed by atoms with Gasteiger partial charge in [0.25, 0.3) is 0 Å². The standard InChI is InChI=1S/C11H14BrN3S/c1-8(11-10(12)3-4-16-11)13-5-9-6-14-15(2)7-9/h3-4,6-8,13H,5H2,1-2H3. The van der Waals surface area contributed by atoms with Gasteiger partial charge in [-0.2, -0.15) is 5.10 Å². The average molecular weight is 300 g/mol. The lowest BCUT2D eigenvalue weighted by molar-refractivity contribution is 0.581. The molecule has 16 heavy (non-hydrogen) atoms. The van der Waals surface area contributed by atoms with Crippen LogP contribution in [0.1, 0.15) is 23.4 Å². The van der Waals surface area contributed by atoms with E-state index in [1.807, 2.05) is 24.1 Å². The maximum absolute atomic E-state index is 4.14. The zero-order chi connectivity index (χ0) is 11.5. The van der Waals surface area contributed by atoms with Gasteiger partial charge in [-0.1, -0.05) is 0 Å². The highest BCUT2D eigenvalue weighted by Crippen LogP contribution is 2.28. The maximum Gasteiger partial charge on any atom is 0.0534 e. The fourth-order valence-corrected chi connectivity index (χ4v) is 3.29. The van der Waals surface area contributed by atoms with Gasteiger partial charge >= 0.3 is 0 Å². The lowest BCUT2D eigenvalue weighted by Gasteiger charge is -2.11. The SMILES string of the molecule is CC(NCc1cnn(C)c1)c1sccc1Br. The van der Waals surface area contributed by atoms with E-state index in [0.717, 1.165) is 6.54 Å². The van der Waals surface area contributed by atoms with Crippen LogP contribution in [0.25, 0.3) is 0 Å². The van der Waals surface area contributed by atoms with E-state index in [4.69, 9.17) is 0 Å². The van der Waals surface area contributed by atoms with Gasteiger partial charge in [0, 0.05) is 40.7 Å². The molecular weight excluding hydrogens is 286 g/mol. The van der Waals surface area contributed by atoms with Crippen molar-refractivity contribution in [1.82, 2.24) is 15.1 Å². The van der Waals surface area contributed by atoms with Gasteiger partial charge in [-0.05, 0) is 34.3 Å². The van der Waals surface area contributed by atoms with Crippen LogP contribution in [0.2, 0.25) is 0 Å². The van der Waals surface area contributed by atoms with Gasteiger partial charge in [0.05, 0.1) is 6.20 Å². The van der Waals surface area contributed by atoms with Crippen molar-refractivity contribution in [2.24, 2.45) is 7.05 Å². The van der Waals surface area contributed by atoms with Crippen LogP contribution in [-0.4, -0.2) is 9.78 Å². The molecule has 2 aromatic rings. The third-order valence-electron chi connectivity index (χ3n) is 2.41. The van der Waals surface area contributed by atoms with Crippen LogP contribution in [0.3, 0.4) is 0 Å². The Kier molecular flexibility index (Phi) is 3.78. The van der Waals surface area contributed by atoms with Crippen LogP contribution in [-0.2, 0) is 13.6 Å². The molecule has 0 spiro atoms. The Balaban J connectivity index is 1.93. The van der Waals surface area contributed by atoms with Crippen LogP contribution >= 0.6 is 27.3 Å². The first-order valence-electron chi connectivity index (χ1n) is 5.10. The molecule has 0 aliphatic heterocycles. The molecule has 0 aromatic carbocycles. The smallest absolute Gasteiger partial charge is 0.0534 e. The molecular formula is C11H14BrN3S. The van der Waals surface area contributed by atoms with Gasteiger partial charge in [0.15, 0.2) is 0 Å². The largest absolute Gasteiger partial charge is 0.305 e. The van der Waals surface area contributed by atoms with Crippen molar-refractivity contribution >= 4 is 27.3 Å². The third kappa shape index (κ3) is 2.72. The summed E-state index contributed by atoms with van der Waals surface area (Å²) in [5, 5.41) is 9.73. The lowest BCUT2D eigenvalue weighted by atomic mass is 10.2. The molecule has 1 N–H and O–H groups in total. The van der Waals surface area contributed by atoms with Crippen LogP contribution in [0, 0.1) is 0 Å². The third-order valence-corrected chi connectivity index (χ3v) is 4.46. The molecule has 0 amide bonds. The molecule has 5 heteroatoms. The van der Waals surface area contributed by atoms with Gasteiger partial charge in [-0.3, -0.25) is 4.68 Å². The molecule has 0 radical (unpaired) electrons. The van der Waals surface area contributed by atoms with Crippen LogP contribution in [0.4, 0.5) is 0 Å². The number of rotatable bonds is 4. The van der Waals surface area contributed by atoms with Crippen molar-refractivity contribution in [3.63, 3.8) is 0 Å². The molecule has 0 fully saturated rings. The Bertz CT molecular complexity index is 463. The fourth-order valence-electron chi connectivity index (χ4n) is 1.54. The van der Waals surface area contributed by atoms with Gasteiger partial charge in [-0.25, -0.2) is 0 Å². The average Bonchev–Trinajstić information content (AvgIpc) is 2.84. The molecule has 3 nitrogen and oxygen atoms in total. The Labute approximate surface area is 108 Å². The predicted octanol–water partition coefficient (Wildman–Crippen LogP) is 3.09. The second kappa shape index (κ2) is 5.12. The minimum Gasteiger partial charge on any atom is -0.305 e. The van der Waals surface area contributed by atoms with Gasteiger partial charge < -0.3 is 5.32 Å². The topological polar surface area (TPSA) is 29.9 Å². The summed E-state index contributed by atoms with van der Waals surface area (Å²) in [6.07, 6.45) is 3.92. The second-order valence-electron chi connectivity index (χ2n) is 3.76. The zero-order valence-corrected chi connectivity index (χ0v) is 11.7. The van der Waals surface area contributed by atoms with E-state index in [1.54, 1.807) is 11.3 Å². The molecule has 0 saturated heterocycles. The molecule has 0 bridgehead atoms. The summed E-state index contributed by atoms with van der Waals surface area (Å²) in [5.41, 5.74) is 1.21. The molecule has 0 aliphatic carbocycles. The molecule has 1 unspecified atom stereocenters. The van der Waals surface area contributed by atoms with Gasteiger partial charge in [0.1, 0.15) is 0 Å². The van der Waals surface area contributed by atoms with E-state index in [-0.39, 0.29) is 0 Å². The minimum absolute atomic E-state index is 0.356. The summed E-state index contributed by atoms with van der Waals surface area (Å²) in [7, 11) is 1.93. The predicted molar refractivity (Wildman–Crippen MR) is 70.5 cm³/mol. The van der Waals surface area contributed by atoms with Crippen LogP contribution < -0.4 is 5.32 Å². The van der Waals surface area contributed by atoms with Crippen molar-refractivity contribution in [3.05, 3.63) is 38.8 Å². The quantitative estimate of drug-likeness (QED) is 0.940. The molecule has 2 rings (SSSR count). The minimum atomic E-state index is 0.356. The van der Waals surface area contributed by atoms with Crippen LogP contribution in [0.15, 0.2) is 28.3 Å². The molecule has 0 saturated carbocycles. The van der Waals surface area contributed by atoms with E-state index in [2.05, 4.69) is 44.7 Å². The highest BCUT2D eigenvalue weighted by Gasteiger charge is 2.10. The van der Waals surface area contributed by atoms with Crippen molar-refractivity contribution in [1.29, 1.82) is 0 Å². The summed E-state index contributed by atoms with van der Waals surface area (Å²) >= 11 is 5.32. The van der Waals surface area contributed by atoms with E-state index < -0.39 is 0 Å². The number of hydrogen-bond donors (Lipinski definition) is 1. The summed E-state index contributed by atoms with van der Waals surface area (Å²) in [5.74, 6) is 0. The van der Waals surface area contributed by atoms with Crippen molar-refractivity contribution in [3.8, 4) is 0 Å². The molecule has 86 valence electrons. The first kappa shape index (κ1) is 11.8. The van der Waals surface area contributed by atoms with E-state index in [0.29, 0.717) is 6.04 Å². The number of hydrogen-bond acceptors (Lipinski definition) is 3. The maximum atomic E-state index is 4.14. The van der Waals surface area contributed by atoms with Gasteiger partial charge in [-0.15, -0.1) is 11.3 Å². The zero-order valence-electron chi connectivity index (χ0n) is 9.27. The molecule has 2 aromatic heterocycles. The summed E-state index contributed by atoms with van der Waals surface area (Å²) in [4.78, 5) is 1.34. The van der Waals surface area contributed by atoms with Crippen LogP contribution in [0.5, 0.6) is 0 Å². The van der Waals surface area contributed by atoms with E-state index in [9.17, 15) is 0 Å². The Morgan fingerprint density at radius 1 is 1.62 bits per heavy atom. The Hall–Kier alpha value is -0.650. The fraction of sp³-hybridized carbons (Fsp3) is 0.364. The number of nitrogens with one attached hydrogen (secondary N) is 1. The monoisotopic (exact) mass is 299 g/mol. The Morgan fingerprint density at radius 3 is 3.00 bits per heavy atom. The highest BCUT2D eigenvalue weighted by atomic mass is 79.9. The van der Waals surface area contributed by atoms with Crippen molar-refractivity contribution < 1.29 is 0 Å². The first-order valence-corrected chi connectivity index (χ1v) is 6.78. The summed E-state index contributed by atoms with van der Waals surface area (Å²) < 4.78 is 3.01. The second-order valence-corrected chi connectivity index (χ2v) is 5.56. The van der Waals surface area contributed by atoms with Crippen molar-refractivity contribution in [2.45, 2.75) is 19.5 Å². The van der Waals surface area contributed by atoms with E-state index >= 15 is 0 Å². The number of halogens is 1. The van der Waals surface area contributed by atoms with Crippen molar-refractivity contribution in [2.75, 3.05) is 0 Å². The Morgan fingerprint density at radius 2 is 2.44 bits per heavy atom. The molecule has 0 aliphatic rings. The molecule has 2 heterocycles. The number of aromatic nitrogens is 2. The normalized spacial score (nSPS) is 12.9. The molecule has 1 atom stereocenters. The first-order chi connectivity index (χ1) is 7.66. The highest BCUT2D eigenvalue weighted by molar-refractivity contribution is 9.10. The number of aryl methyl sites for hydroxylation is 1. The summed E-state index contributed by atoms with van der Waals surface area (Å²) in [6, 6.07) is 2.44. The van der Waals surface area contributed by atoms with E-state index in [1.165, 1.54) is 14.9 Å². The number of nitrogens with zero attached hydrogens (tertiary/aromatic N) is 2. The number of thiophene rings is 1. The van der Waals surface area contributed by atoms with Gasteiger partial charge in [0.2, 0.25) is 0 Å². The summed E-state index contributed by atoms with van der Waals surface area (Å²) in [6.45, 7) is 3.02. The lowest BCUT2D eigenvalue weighted by Crippen LogP contribution is -2.17.